The maximum Gasteiger partial charge on any atom is 0.326 e. The maximum atomic E-state index is 13.3. The van der Waals surface area contributed by atoms with Crippen molar-refractivity contribution in [1.82, 2.24) is 10.2 Å². The lowest BCUT2D eigenvalue weighted by molar-refractivity contribution is -0.139. The number of nitrogens with one attached hydrogen (secondary N) is 1. The van der Waals surface area contributed by atoms with Gasteiger partial charge >= 0.3 is 5.97 Å². The molecule has 5 nitrogen and oxygen atoms in total. The van der Waals surface area contributed by atoms with E-state index < -0.39 is 12.0 Å². The van der Waals surface area contributed by atoms with Crippen LogP contribution < -0.4 is 5.32 Å². The molecular weight excluding hydrogens is 480 g/mol. The summed E-state index contributed by atoms with van der Waals surface area (Å²) in [4.78, 5) is 27.5. The van der Waals surface area contributed by atoms with E-state index >= 15 is 0 Å². The highest BCUT2D eigenvalue weighted by atomic mass is 32.2. The highest BCUT2D eigenvalue weighted by Crippen LogP contribution is 2.29. The topological polar surface area (TPSA) is 69.6 Å². The first-order chi connectivity index (χ1) is 17.8. The van der Waals surface area contributed by atoms with Gasteiger partial charge in [0.25, 0.3) is 5.91 Å². The molecule has 0 fully saturated rings. The number of thioether (sulfide) groups is 1. The number of nitrogens with zero attached hydrogens (tertiary/aromatic N) is 1. The van der Waals surface area contributed by atoms with Crippen LogP contribution in [0.4, 0.5) is 0 Å². The van der Waals surface area contributed by atoms with Crippen LogP contribution >= 0.6 is 11.8 Å². The molecular formula is C31H38N2O3S. The van der Waals surface area contributed by atoms with Crippen LogP contribution in [0.2, 0.25) is 0 Å². The Morgan fingerprint density at radius 3 is 2.30 bits per heavy atom. The third-order valence-electron chi connectivity index (χ3n) is 6.62. The minimum atomic E-state index is -1.01. The van der Waals surface area contributed by atoms with Crippen LogP contribution in [-0.2, 0) is 17.8 Å². The molecule has 2 N–H and O–H groups in total. The number of rotatable bonds is 13. The Kier molecular flexibility index (Phi) is 10.8. The van der Waals surface area contributed by atoms with Gasteiger partial charge in [-0.2, -0.15) is 11.8 Å². The zero-order chi connectivity index (χ0) is 26.8. The van der Waals surface area contributed by atoms with E-state index in [1.807, 2.05) is 55.6 Å². The van der Waals surface area contributed by atoms with Gasteiger partial charge in [0, 0.05) is 24.7 Å². The Morgan fingerprint density at radius 2 is 1.65 bits per heavy atom. The largest absolute Gasteiger partial charge is 0.480 e. The number of hydrogen-bond acceptors (Lipinski definition) is 4. The van der Waals surface area contributed by atoms with E-state index in [0.29, 0.717) is 23.8 Å². The number of aliphatic carboxylic acids is 1. The molecule has 1 atom stereocenters. The number of carboxylic acid groups (broad SMARTS) is 1. The van der Waals surface area contributed by atoms with Crippen molar-refractivity contribution in [2.24, 2.45) is 0 Å². The van der Waals surface area contributed by atoms with Crippen LogP contribution in [0.15, 0.2) is 72.8 Å². The molecule has 0 aliphatic rings. The average molecular weight is 519 g/mol. The van der Waals surface area contributed by atoms with Crippen LogP contribution in [0.1, 0.15) is 47.3 Å². The van der Waals surface area contributed by atoms with Crippen molar-refractivity contribution in [3.8, 4) is 11.1 Å². The predicted octanol–water partition coefficient (Wildman–Crippen LogP) is 6.05. The number of carbonyl (C=O) groups excluding carboxylic acids is 1. The lowest BCUT2D eigenvalue weighted by Gasteiger charge is -2.27. The summed E-state index contributed by atoms with van der Waals surface area (Å²) in [5, 5.41) is 12.4. The van der Waals surface area contributed by atoms with Gasteiger partial charge in [-0.05, 0) is 85.6 Å². The van der Waals surface area contributed by atoms with Crippen molar-refractivity contribution in [2.45, 2.75) is 52.2 Å². The Balaban J connectivity index is 1.90. The molecule has 3 rings (SSSR count). The average Bonchev–Trinajstić information content (AvgIpc) is 2.89. The van der Waals surface area contributed by atoms with E-state index in [0.717, 1.165) is 41.8 Å². The van der Waals surface area contributed by atoms with E-state index in [9.17, 15) is 14.7 Å². The molecule has 0 aliphatic carbocycles. The van der Waals surface area contributed by atoms with Gasteiger partial charge in [-0.15, -0.1) is 0 Å². The summed E-state index contributed by atoms with van der Waals surface area (Å²) in [5.41, 5.74) is 5.80. The quantitative estimate of drug-likeness (QED) is 0.288. The first-order valence-corrected chi connectivity index (χ1v) is 14.2. The lowest BCUT2D eigenvalue weighted by atomic mass is 9.93. The minimum absolute atomic E-state index is 0.358. The Labute approximate surface area is 225 Å². The number of benzene rings is 3. The zero-order valence-corrected chi connectivity index (χ0v) is 23.1. The first-order valence-electron chi connectivity index (χ1n) is 12.8. The number of amides is 1. The van der Waals surface area contributed by atoms with E-state index in [4.69, 9.17) is 0 Å². The van der Waals surface area contributed by atoms with Gasteiger partial charge in [-0.1, -0.05) is 60.7 Å². The van der Waals surface area contributed by atoms with Crippen molar-refractivity contribution in [3.63, 3.8) is 0 Å². The highest BCUT2D eigenvalue weighted by molar-refractivity contribution is 7.98. The van der Waals surface area contributed by atoms with Gasteiger partial charge in [0.1, 0.15) is 6.04 Å². The molecule has 0 saturated carbocycles. The summed E-state index contributed by atoms with van der Waals surface area (Å²) in [6.07, 6.45) is 3.28. The fourth-order valence-electron chi connectivity index (χ4n) is 4.39. The number of hydrogen-bond donors (Lipinski definition) is 2. The van der Waals surface area contributed by atoms with Crippen molar-refractivity contribution in [2.75, 3.05) is 18.6 Å². The second-order valence-corrected chi connectivity index (χ2v) is 10.6. The second-order valence-electron chi connectivity index (χ2n) is 9.64. The fraction of sp³-hybridized carbons (Fsp3) is 0.355. The lowest BCUT2D eigenvalue weighted by Crippen LogP contribution is -2.41. The molecule has 37 heavy (non-hydrogen) atoms. The summed E-state index contributed by atoms with van der Waals surface area (Å²) in [6.45, 7) is 8.13. The van der Waals surface area contributed by atoms with Crippen LogP contribution in [-0.4, -0.2) is 52.5 Å². The highest BCUT2D eigenvalue weighted by Gasteiger charge is 2.23. The van der Waals surface area contributed by atoms with Gasteiger partial charge < -0.3 is 10.4 Å². The van der Waals surface area contributed by atoms with Crippen molar-refractivity contribution in [3.05, 3.63) is 95.1 Å². The van der Waals surface area contributed by atoms with Crippen LogP contribution in [0.3, 0.4) is 0 Å². The fourth-order valence-corrected chi connectivity index (χ4v) is 4.86. The summed E-state index contributed by atoms with van der Waals surface area (Å²) < 4.78 is 0. The Hall–Kier alpha value is -3.09. The minimum Gasteiger partial charge on any atom is -0.480 e. The summed E-state index contributed by atoms with van der Waals surface area (Å²) in [7, 11) is 0. The number of carboxylic acids is 1. The van der Waals surface area contributed by atoms with Crippen LogP contribution in [0.25, 0.3) is 11.1 Å². The Bertz CT molecular complexity index is 1180. The maximum absolute atomic E-state index is 13.3. The predicted molar refractivity (Wildman–Crippen MR) is 154 cm³/mol. The third kappa shape index (κ3) is 8.20. The Morgan fingerprint density at radius 1 is 0.946 bits per heavy atom. The molecule has 196 valence electrons. The van der Waals surface area contributed by atoms with E-state index in [1.165, 1.54) is 5.56 Å². The molecule has 0 unspecified atom stereocenters. The van der Waals surface area contributed by atoms with E-state index in [-0.39, 0.29) is 5.91 Å². The van der Waals surface area contributed by atoms with Crippen LogP contribution in [0.5, 0.6) is 0 Å². The molecule has 0 aliphatic heterocycles. The van der Waals surface area contributed by atoms with Crippen LogP contribution in [0, 0.1) is 6.92 Å². The standard InChI is InChI=1S/C31H38N2O3S/c1-22(2)33(18-16-24-11-6-5-7-12-24)21-25-14-15-27(28(20-25)26-13-9-8-10-23(26)3)30(34)32-29(31(35)36)17-19-37-4/h5-15,20,22,29H,16-19,21H2,1-4H3,(H,32,34)(H,35,36)/t29-/m0/s1. The van der Waals surface area contributed by atoms with Crippen molar-refractivity contribution >= 4 is 23.6 Å². The number of aryl methyl sites for hydroxylation is 1. The normalized spacial score (nSPS) is 12.1. The molecule has 0 radical (unpaired) electrons. The SMILES string of the molecule is CSCC[C@H](NC(=O)c1ccc(CN(CCc2ccccc2)C(C)C)cc1-c1ccccc1C)C(=O)O. The molecule has 6 heteroatoms. The summed E-state index contributed by atoms with van der Waals surface area (Å²) in [5.74, 6) is -0.708. The first kappa shape index (κ1) is 28.5. The molecule has 3 aromatic rings. The zero-order valence-electron chi connectivity index (χ0n) is 22.2. The van der Waals surface area contributed by atoms with E-state index in [2.05, 4.69) is 54.4 Å². The molecule has 0 bridgehead atoms. The monoisotopic (exact) mass is 518 g/mol. The van der Waals surface area contributed by atoms with Crippen molar-refractivity contribution < 1.29 is 14.7 Å². The molecule has 3 aromatic carbocycles. The van der Waals surface area contributed by atoms with Crippen molar-refractivity contribution in [1.29, 1.82) is 0 Å². The third-order valence-corrected chi connectivity index (χ3v) is 7.27. The van der Waals surface area contributed by atoms with Gasteiger partial charge in [0.05, 0.1) is 0 Å². The molecule has 0 aromatic heterocycles. The summed E-state index contributed by atoms with van der Waals surface area (Å²) >= 11 is 1.57. The molecule has 0 spiro atoms. The van der Waals surface area contributed by atoms with Gasteiger partial charge in [0.2, 0.25) is 0 Å². The molecule has 0 heterocycles. The van der Waals surface area contributed by atoms with Gasteiger partial charge in [-0.25, -0.2) is 4.79 Å². The van der Waals surface area contributed by atoms with Gasteiger partial charge in [-0.3, -0.25) is 9.69 Å². The van der Waals surface area contributed by atoms with E-state index in [1.54, 1.807) is 11.8 Å². The smallest absolute Gasteiger partial charge is 0.326 e. The number of carbonyl (C=O) groups is 2. The summed E-state index contributed by atoms with van der Waals surface area (Å²) in [6, 6.07) is 23.9. The molecule has 0 saturated heterocycles. The molecule has 1 amide bonds. The van der Waals surface area contributed by atoms with Gasteiger partial charge in [0.15, 0.2) is 0 Å². The second kappa shape index (κ2) is 14.0.